The van der Waals surface area contributed by atoms with Gasteiger partial charge in [-0.2, -0.15) is 5.10 Å². The Bertz CT molecular complexity index is 1010. The maximum atomic E-state index is 12.7. The van der Waals surface area contributed by atoms with Gasteiger partial charge in [-0.1, -0.05) is 48.5 Å². The molecular weight excluding hydrogens is 298 g/mol. The predicted molar refractivity (Wildman–Crippen MR) is 95.9 cm³/mol. The number of fused-ring (bicyclic) bond motifs is 1. The van der Waals surface area contributed by atoms with Gasteiger partial charge >= 0.3 is 0 Å². The topological polar surface area (TPSA) is 57.8 Å². The number of hydrogen-bond donors (Lipinski definition) is 2. The monoisotopic (exact) mass is 313 g/mol. The van der Waals surface area contributed by atoms with Gasteiger partial charge in [-0.05, 0) is 35.4 Å². The third-order valence-corrected chi connectivity index (χ3v) is 3.95. The van der Waals surface area contributed by atoms with Crippen LogP contribution in [0.3, 0.4) is 0 Å². The molecule has 3 aromatic carbocycles. The Morgan fingerprint density at radius 2 is 1.71 bits per heavy atom. The molecule has 0 aliphatic heterocycles. The van der Waals surface area contributed by atoms with Gasteiger partial charge in [0.25, 0.3) is 5.91 Å². The predicted octanol–water partition coefficient (Wildman–Crippen LogP) is 4.48. The number of H-pyrrole nitrogens is 1. The summed E-state index contributed by atoms with van der Waals surface area (Å²) in [5.41, 5.74) is 4.28. The Morgan fingerprint density at radius 3 is 2.58 bits per heavy atom. The van der Waals surface area contributed by atoms with Crippen molar-refractivity contribution in [2.45, 2.75) is 0 Å². The first-order valence-electron chi connectivity index (χ1n) is 7.70. The summed E-state index contributed by atoms with van der Waals surface area (Å²) in [5, 5.41) is 10.8. The zero-order valence-corrected chi connectivity index (χ0v) is 12.9. The van der Waals surface area contributed by atoms with Gasteiger partial charge in [0, 0.05) is 16.6 Å². The van der Waals surface area contributed by atoms with Crippen LogP contribution in [0.15, 0.2) is 79.0 Å². The van der Waals surface area contributed by atoms with Crippen molar-refractivity contribution >= 4 is 22.5 Å². The molecule has 116 valence electrons. The number of carbonyl (C=O) groups excluding carboxylic acids is 1. The summed E-state index contributed by atoms with van der Waals surface area (Å²) in [5.74, 6) is -0.128. The van der Waals surface area contributed by atoms with Gasteiger partial charge in [-0.25, -0.2) is 0 Å². The lowest BCUT2D eigenvalue weighted by Gasteiger charge is -2.10. The number of anilines is 1. The van der Waals surface area contributed by atoms with E-state index in [9.17, 15) is 4.79 Å². The Labute approximate surface area is 139 Å². The molecule has 0 atom stereocenters. The van der Waals surface area contributed by atoms with Crippen molar-refractivity contribution < 1.29 is 4.79 Å². The average molecular weight is 313 g/mol. The van der Waals surface area contributed by atoms with E-state index in [0.29, 0.717) is 5.56 Å². The van der Waals surface area contributed by atoms with Crippen LogP contribution in [-0.4, -0.2) is 16.1 Å². The molecule has 4 heteroatoms. The van der Waals surface area contributed by atoms with Gasteiger partial charge in [0.15, 0.2) is 0 Å². The Hall–Kier alpha value is -3.40. The normalized spacial score (nSPS) is 10.7. The van der Waals surface area contributed by atoms with Crippen LogP contribution in [0, 0.1) is 0 Å². The van der Waals surface area contributed by atoms with E-state index in [0.717, 1.165) is 27.7 Å². The summed E-state index contributed by atoms with van der Waals surface area (Å²) in [4.78, 5) is 12.7. The summed E-state index contributed by atoms with van der Waals surface area (Å²) < 4.78 is 0. The number of aromatic amines is 1. The second-order valence-corrected chi connectivity index (χ2v) is 5.54. The van der Waals surface area contributed by atoms with Gasteiger partial charge < -0.3 is 5.32 Å². The first kappa shape index (κ1) is 14.2. The van der Waals surface area contributed by atoms with E-state index in [1.807, 2.05) is 72.8 Å². The molecule has 0 fully saturated rings. The third kappa shape index (κ3) is 2.65. The molecule has 4 aromatic rings. The fourth-order valence-electron chi connectivity index (χ4n) is 2.77. The highest BCUT2D eigenvalue weighted by Crippen LogP contribution is 2.25. The second-order valence-electron chi connectivity index (χ2n) is 5.54. The largest absolute Gasteiger partial charge is 0.322 e. The molecule has 4 nitrogen and oxygen atoms in total. The highest BCUT2D eigenvalue weighted by molar-refractivity contribution is 6.09. The fourth-order valence-corrected chi connectivity index (χ4v) is 2.77. The molecule has 0 radical (unpaired) electrons. The molecule has 0 aliphatic rings. The maximum absolute atomic E-state index is 12.7. The first-order chi connectivity index (χ1) is 11.8. The van der Waals surface area contributed by atoms with Crippen LogP contribution in [0.4, 0.5) is 5.69 Å². The minimum Gasteiger partial charge on any atom is -0.322 e. The minimum atomic E-state index is -0.128. The van der Waals surface area contributed by atoms with Crippen molar-refractivity contribution in [2.24, 2.45) is 0 Å². The summed E-state index contributed by atoms with van der Waals surface area (Å²) in [6, 6.07) is 23.2. The van der Waals surface area contributed by atoms with Crippen molar-refractivity contribution in [1.82, 2.24) is 10.2 Å². The maximum Gasteiger partial charge on any atom is 0.256 e. The van der Waals surface area contributed by atoms with Crippen molar-refractivity contribution in [3.63, 3.8) is 0 Å². The molecule has 0 saturated carbocycles. The van der Waals surface area contributed by atoms with Crippen LogP contribution in [0.5, 0.6) is 0 Å². The van der Waals surface area contributed by atoms with Crippen molar-refractivity contribution in [1.29, 1.82) is 0 Å². The molecular formula is C20H15N3O. The molecule has 2 N–H and O–H groups in total. The van der Waals surface area contributed by atoms with E-state index in [1.165, 1.54) is 0 Å². The summed E-state index contributed by atoms with van der Waals surface area (Å²) >= 11 is 0. The number of carbonyl (C=O) groups is 1. The molecule has 1 heterocycles. The molecule has 0 saturated heterocycles. The third-order valence-electron chi connectivity index (χ3n) is 3.95. The SMILES string of the molecule is O=C(Nc1ccc2[nH]ncc2c1)c1ccccc1-c1ccccc1. The number of aromatic nitrogens is 2. The van der Waals surface area contributed by atoms with E-state index in [2.05, 4.69) is 15.5 Å². The van der Waals surface area contributed by atoms with Crippen LogP contribution >= 0.6 is 0 Å². The smallest absolute Gasteiger partial charge is 0.256 e. The Balaban J connectivity index is 1.67. The molecule has 1 aromatic heterocycles. The van der Waals surface area contributed by atoms with E-state index in [4.69, 9.17) is 0 Å². The fraction of sp³-hybridized carbons (Fsp3) is 0. The van der Waals surface area contributed by atoms with E-state index in [-0.39, 0.29) is 5.91 Å². The Morgan fingerprint density at radius 1 is 0.917 bits per heavy atom. The lowest BCUT2D eigenvalue weighted by Crippen LogP contribution is -2.13. The number of amides is 1. The van der Waals surface area contributed by atoms with Crippen LogP contribution < -0.4 is 5.32 Å². The average Bonchev–Trinajstić information content (AvgIpc) is 3.10. The second kappa shape index (κ2) is 6.01. The summed E-state index contributed by atoms with van der Waals surface area (Å²) in [6.07, 6.45) is 1.74. The molecule has 0 spiro atoms. The zero-order chi connectivity index (χ0) is 16.4. The van der Waals surface area contributed by atoms with Crippen molar-refractivity contribution in [3.05, 3.63) is 84.6 Å². The number of rotatable bonds is 3. The standard InChI is InChI=1S/C20H15N3O/c24-20(22-16-10-11-19-15(12-16)13-21-23-19)18-9-5-4-8-17(18)14-6-2-1-3-7-14/h1-13H,(H,21,23)(H,22,24). The minimum absolute atomic E-state index is 0.128. The van der Waals surface area contributed by atoms with Gasteiger partial charge in [0.2, 0.25) is 0 Å². The number of hydrogen-bond acceptors (Lipinski definition) is 2. The molecule has 4 rings (SSSR count). The Kier molecular flexibility index (Phi) is 3.56. The van der Waals surface area contributed by atoms with Gasteiger partial charge in [0.05, 0.1) is 11.7 Å². The van der Waals surface area contributed by atoms with Gasteiger partial charge in [-0.15, -0.1) is 0 Å². The highest BCUT2D eigenvalue weighted by Gasteiger charge is 2.12. The quantitative estimate of drug-likeness (QED) is 0.586. The first-order valence-corrected chi connectivity index (χ1v) is 7.70. The van der Waals surface area contributed by atoms with Crippen LogP contribution in [-0.2, 0) is 0 Å². The summed E-state index contributed by atoms with van der Waals surface area (Å²) in [7, 11) is 0. The molecule has 24 heavy (non-hydrogen) atoms. The van der Waals surface area contributed by atoms with Crippen LogP contribution in [0.25, 0.3) is 22.0 Å². The van der Waals surface area contributed by atoms with Crippen LogP contribution in [0.1, 0.15) is 10.4 Å². The van der Waals surface area contributed by atoms with Gasteiger partial charge in [-0.3, -0.25) is 9.89 Å². The van der Waals surface area contributed by atoms with Crippen LogP contribution in [0.2, 0.25) is 0 Å². The lowest BCUT2D eigenvalue weighted by molar-refractivity contribution is 0.102. The van der Waals surface area contributed by atoms with E-state index in [1.54, 1.807) is 6.20 Å². The van der Waals surface area contributed by atoms with Crippen molar-refractivity contribution in [3.8, 4) is 11.1 Å². The molecule has 0 unspecified atom stereocenters. The zero-order valence-electron chi connectivity index (χ0n) is 12.9. The number of nitrogens with zero attached hydrogens (tertiary/aromatic N) is 1. The lowest BCUT2D eigenvalue weighted by atomic mass is 9.99. The van der Waals surface area contributed by atoms with E-state index < -0.39 is 0 Å². The number of nitrogens with one attached hydrogen (secondary N) is 2. The summed E-state index contributed by atoms with van der Waals surface area (Å²) in [6.45, 7) is 0. The van der Waals surface area contributed by atoms with Crippen molar-refractivity contribution in [2.75, 3.05) is 5.32 Å². The number of benzene rings is 3. The highest BCUT2D eigenvalue weighted by atomic mass is 16.1. The van der Waals surface area contributed by atoms with E-state index >= 15 is 0 Å². The molecule has 1 amide bonds. The molecule has 0 bridgehead atoms. The molecule has 0 aliphatic carbocycles. The van der Waals surface area contributed by atoms with Gasteiger partial charge in [0.1, 0.15) is 0 Å².